The third-order valence-electron chi connectivity index (χ3n) is 2.81. The molecule has 0 spiro atoms. The fourth-order valence-electron chi connectivity index (χ4n) is 1.61. The van der Waals surface area contributed by atoms with Crippen LogP contribution in [0.2, 0.25) is 0 Å². The summed E-state index contributed by atoms with van der Waals surface area (Å²) >= 11 is 0. The summed E-state index contributed by atoms with van der Waals surface area (Å²) in [6.45, 7) is 3.19. The summed E-state index contributed by atoms with van der Waals surface area (Å²) in [5, 5.41) is 2.84. The number of aryl methyl sites for hydroxylation is 1. The van der Waals surface area contributed by atoms with E-state index in [2.05, 4.69) is 5.32 Å². The van der Waals surface area contributed by atoms with Gasteiger partial charge in [0.2, 0.25) is 5.91 Å². The Morgan fingerprint density at radius 3 is 2.94 bits per heavy atom. The molecule has 1 atom stereocenters. The van der Waals surface area contributed by atoms with E-state index >= 15 is 0 Å². The van der Waals surface area contributed by atoms with Crippen LogP contribution in [0.1, 0.15) is 25.3 Å². The van der Waals surface area contributed by atoms with Crippen LogP contribution in [0, 0.1) is 11.7 Å². The maximum Gasteiger partial charge on any atom is 0.220 e. The Hall–Kier alpha value is -1.42. The van der Waals surface area contributed by atoms with Crippen molar-refractivity contribution in [1.29, 1.82) is 0 Å². The Labute approximate surface area is 108 Å². The van der Waals surface area contributed by atoms with E-state index in [1.54, 1.807) is 6.07 Å². The van der Waals surface area contributed by atoms with Gasteiger partial charge in [0.1, 0.15) is 5.82 Å². The predicted octanol–water partition coefficient (Wildman–Crippen LogP) is 1.86. The van der Waals surface area contributed by atoms with Crippen molar-refractivity contribution < 1.29 is 9.18 Å². The van der Waals surface area contributed by atoms with Gasteiger partial charge in [0.05, 0.1) is 0 Å². The molecule has 0 aliphatic rings. The summed E-state index contributed by atoms with van der Waals surface area (Å²) in [6, 6.07) is 6.49. The molecule has 0 fully saturated rings. The lowest BCUT2D eigenvalue weighted by atomic mass is 10.1. The van der Waals surface area contributed by atoms with Crippen molar-refractivity contribution in [2.75, 3.05) is 13.1 Å². The molecular formula is C14H21FN2O. The number of hydrogen-bond acceptors (Lipinski definition) is 2. The summed E-state index contributed by atoms with van der Waals surface area (Å²) < 4.78 is 12.9. The van der Waals surface area contributed by atoms with Crippen LogP contribution < -0.4 is 11.1 Å². The maximum absolute atomic E-state index is 12.9. The number of carbonyl (C=O) groups is 1. The molecule has 0 saturated heterocycles. The van der Waals surface area contributed by atoms with E-state index in [0.717, 1.165) is 18.4 Å². The second-order valence-corrected chi connectivity index (χ2v) is 4.63. The number of rotatable bonds is 7. The van der Waals surface area contributed by atoms with Crippen LogP contribution >= 0.6 is 0 Å². The molecule has 0 heterocycles. The largest absolute Gasteiger partial charge is 0.356 e. The Morgan fingerprint density at radius 2 is 2.28 bits per heavy atom. The number of nitrogens with two attached hydrogens (primary N) is 1. The fraction of sp³-hybridized carbons (Fsp3) is 0.500. The van der Waals surface area contributed by atoms with Crippen LogP contribution in [0.4, 0.5) is 4.39 Å². The summed E-state index contributed by atoms with van der Waals surface area (Å²) in [5.41, 5.74) is 6.39. The Kier molecular flexibility index (Phi) is 6.36. The average Bonchev–Trinajstić information content (AvgIpc) is 2.36. The number of carbonyl (C=O) groups excluding carboxylic acids is 1. The highest BCUT2D eigenvalue weighted by Crippen LogP contribution is 2.07. The van der Waals surface area contributed by atoms with E-state index in [-0.39, 0.29) is 11.7 Å². The molecule has 0 radical (unpaired) electrons. The molecule has 100 valence electrons. The standard InChI is InChI=1S/C14H21FN2O/c1-11(9-16)10-17-14(18)7-3-5-12-4-2-6-13(15)8-12/h2,4,6,8,11H,3,5,7,9-10,16H2,1H3,(H,17,18). The van der Waals surface area contributed by atoms with Gasteiger partial charge in [0, 0.05) is 13.0 Å². The highest BCUT2D eigenvalue weighted by Gasteiger charge is 2.04. The first-order valence-electron chi connectivity index (χ1n) is 6.33. The number of amides is 1. The summed E-state index contributed by atoms with van der Waals surface area (Å²) in [4.78, 5) is 11.5. The van der Waals surface area contributed by atoms with Crippen LogP contribution in [-0.2, 0) is 11.2 Å². The average molecular weight is 252 g/mol. The van der Waals surface area contributed by atoms with Gasteiger partial charge >= 0.3 is 0 Å². The molecule has 1 rings (SSSR count). The lowest BCUT2D eigenvalue weighted by Gasteiger charge is -2.09. The summed E-state index contributed by atoms with van der Waals surface area (Å²) in [7, 11) is 0. The zero-order valence-corrected chi connectivity index (χ0v) is 10.8. The van der Waals surface area contributed by atoms with E-state index < -0.39 is 0 Å². The number of hydrogen-bond donors (Lipinski definition) is 2. The number of benzene rings is 1. The minimum Gasteiger partial charge on any atom is -0.356 e. The smallest absolute Gasteiger partial charge is 0.220 e. The predicted molar refractivity (Wildman–Crippen MR) is 70.6 cm³/mol. The molecule has 0 aliphatic heterocycles. The third kappa shape index (κ3) is 5.77. The van der Waals surface area contributed by atoms with Crippen molar-refractivity contribution in [2.45, 2.75) is 26.2 Å². The van der Waals surface area contributed by atoms with Crippen LogP contribution in [0.15, 0.2) is 24.3 Å². The van der Waals surface area contributed by atoms with Gasteiger partial charge in [-0.05, 0) is 43.0 Å². The molecule has 3 N–H and O–H groups in total. The van der Waals surface area contributed by atoms with Crippen LogP contribution in [0.25, 0.3) is 0 Å². The van der Waals surface area contributed by atoms with Crippen LogP contribution in [-0.4, -0.2) is 19.0 Å². The normalized spacial score (nSPS) is 12.2. The molecule has 1 aromatic carbocycles. The van der Waals surface area contributed by atoms with E-state index in [1.165, 1.54) is 12.1 Å². The fourth-order valence-corrected chi connectivity index (χ4v) is 1.61. The van der Waals surface area contributed by atoms with E-state index in [0.29, 0.717) is 25.4 Å². The van der Waals surface area contributed by atoms with E-state index in [4.69, 9.17) is 5.73 Å². The zero-order chi connectivity index (χ0) is 13.4. The molecule has 1 unspecified atom stereocenters. The van der Waals surface area contributed by atoms with Gasteiger partial charge < -0.3 is 11.1 Å². The molecule has 0 aliphatic carbocycles. The lowest BCUT2D eigenvalue weighted by Crippen LogP contribution is -2.31. The van der Waals surface area contributed by atoms with Crippen molar-refractivity contribution in [2.24, 2.45) is 11.7 Å². The SMILES string of the molecule is CC(CN)CNC(=O)CCCc1cccc(F)c1. The molecule has 1 aromatic rings. The maximum atomic E-state index is 12.9. The number of halogens is 1. The van der Waals surface area contributed by atoms with Gasteiger partial charge in [-0.1, -0.05) is 19.1 Å². The number of nitrogens with one attached hydrogen (secondary N) is 1. The first kappa shape index (κ1) is 14.6. The first-order valence-corrected chi connectivity index (χ1v) is 6.33. The van der Waals surface area contributed by atoms with Crippen LogP contribution in [0.5, 0.6) is 0 Å². The van der Waals surface area contributed by atoms with Crippen molar-refractivity contribution in [1.82, 2.24) is 5.32 Å². The highest BCUT2D eigenvalue weighted by atomic mass is 19.1. The molecule has 0 bridgehead atoms. The summed E-state index contributed by atoms with van der Waals surface area (Å²) in [6.07, 6.45) is 1.91. The summed E-state index contributed by atoms with van der Waals surface area (Å²) in [5.74, 6) is 0.109. The second-order valence-electron chi connectivity index (χ2n) is 4.63. The Balaban J connectivity index is 2.19. The Morgan fingerprint density at radius 1 is 1.50 bits per heavy atom. The molecule has 1 amide bonds. The lowest BCUT2D eigenvalue weighted by molar-refractivity contribution is -0.121. The van der Waals surface area contributed by atoms with Gasteiger partial charge in [-0.25, -0.2) is 4.39 Å². The van der Waals surface area contributed by atoms with E-state index in [9.17, 15) is 9.18 Å². The Bertz CT molecular complexity index is 382. The highest BCUT2D eigenvalue weighted by molar-refractivity contribution is 5.75. The topological polar surface area (TPSA) is 55.1 Å². The zero-order valence-electron chi connectivity index (χ0n) is 10.8. The molecule has 0 aromatic heterocycles. The van der Waals surface area contributed by atoms with E-state index in [1.807, 2.05) is 13.0 Å². The van der Waals surface area contributed by atoms with Crippen LogP contribution in [0.3, 0.4) is 0 Å². The monoisotopic (exact) mass is 252 g/mol. The first-order chi connectivity index (χ1) is 8.61. The van der Waals surface area contributed by atoms with Gasteiger partial charge in [-0.2, -0.15) is 0 Å². The molecule has 4 heteroatoms. The molecule has 18 heavy (non-hydrogen) atoms. The quantitative estimate of drug-likeness (QED) is 0.778. The van der Waals surface area contributed by atoms with Crippen molar-refractivity contribution in [3.63, 3.8) is 0 Å². The van der Waals surface area contributed by atoms with Gasteiger partial charge in [0.25, 0.3) is 0 Å². The minimum atomic E-state index is -0.228. The molecule has 3 nitrogen and oxygen atoms in total. The molecule has 0 saturated carbocycles. The van der Waals surface area contributed by atoms with Crippen molar-refractivity contribution in [3.05, 3.63) is 35.6 Å². The van der Waals surface area contributed by atoms with Gasteiger partial charge in [-0.3, -0.25) is 4.79 Å². The minimum absolute atomic E-state index is 0.0340. The van der Waals surface area contributed by atoms with Crippen molar-refractivity contribution in [3.8, 4) is 0 Å². The van der Waals surface area contributed by atoms with Gasteiger partial charge in [-0.15, -0.1) is 0 Å². The second kappa shape index (κ2) is 7.82. The third-order valence-corrected chi connectivity index (χ3v) is 2.81. The molecular weight excluding hydrogens is 231 g/mol. The van der Waals surface area contributed by atoms with Gasteiger partial charge in [0.15, 0.2) is 0 Å². The van der Waals surface area contributed by atoms with Crippen molar-refractivity contribution >= 4 is 5.91 Å².